The Kier molecular flexibility index (Phi) is 7.02. The van der Waals surface area contributed by atoms with Crippen molar-refractivity contribution in [2.24, 2.45) is 5.92 Å². The number of nitrogens with zero attached hydrogens (tertiary/aromatic N) is 2. The van der Waals surface area contributed by atoms with E-state index in [4.69, 9.17) is 16.3 Å². The predicted octanol–water partition coefficient (Wildman–Crippen LogP) is 5.87. The largest absolute Gasteiger partial charge is 0.437 e. The highest BCUT2D eigenvalue weighted by molar-refractivity contribution is 6.30. The molecule has 1 aromatic carbocycles. The minimum atomic E-state index is -4.83. The summed E-state index contributed by atoms with van der Waals surface area (Å²) in [6, 6.07) is 4.92. The Hall–Kier alpha value is -2.55. The quantitative estimate of drug-likeness (QED) is 0.605. The summed E-state index contributed by atoms with van der Waals surface area (Å²) in [5, 5.41) is 5.66. The molecule has 1 amide bonds. The van der Waals surface area contributed by atoms with Gasteiger partial charge >= 0.3 is 12.3 Å². The standard InChI is InChI=1S/C20H22ClF3N4O2/c1-12-7-8-14(21)9-15(12)27-18-25-11-16(17(28-18)20(22,23)24)30-19(29)26-10-13-5-3-2-4-6-13/h7-9,11,13H,2-6,10H2,1H3,(H,26,29)(H,25,27,28). The van der Waals surface area contributed by atoms with Crippen molar-refractivity contribution < 1.29 is 22.7 Å². The van der Waals surface area contributed by atoms with E-state index in [9.17, 15) is 18.0 Å². The van der Waals surface area contributed by atoms with Crippen LogP contribution in [-0.2, 0) is 6.18 Å². The van der Waals surface area contributed by atoms with E-state index >= 15 is 0 Å². The van der Waals surface area contributed by atoms with Crippen LogP contribution in [-0.4, -0.2) is 22.6 Å². The smallest absolute Gasteiger partial charge is 0.406 e. The molecule has 1 aromatic heterocycles. The van der Waals surface area contributed by atoms with Gasteiger partial charge in [0.1, 0.15) is 0 Å². The molecule has 1 heterocycles. The first kappa shape index (κ1) is 22.1. The van der Waals surface area contributed by atoms with Crippen LogP contribution in [0.15, 0.2) is 24.4 Å². The molecule has 0 saturated heterocycles. The number of amides is 1. The molecular weight excluding hydrogens is 421 g/mol. The zero-order chi connectivity index (χ0) is 21.7. The number of carbonyl (C=O) groups is 1. The Morgan fingerprint density at radius 2 is 2.00 bits per heavy atom. The zero-order valence-corrected chi connectivity index (χ0v) is 17.1. The van der Waals surface area contributed by atoms with E-state index in [2.05, 4.69) is 20.6 Å². The predicted molar refractivity (Wildman–Crippen MR) is 107 cm³/mol. The molecule has 0 radical (unpaired) electrons. The van der Waals surface area contributed by atoms with E-state index in [1.165, 1.54) is 6.42 Å². The van der Waals surface area contributed by atoms with E-state index in [1.807, 2.05) is 0 Å². The maximum atomic E-state index is 13.5. The van der Waals surface area contributed by atoms with Crippen molar-refractivity contribution in [1.29, 1.82) is 0 Å². The highest BCUT2D eigenvalue weighted by Crippen LogP contribution is 2.35. The average molecular weight is 443 g/mol. The van der Waals surface area contributed by atoms with Gasteiger partial charge in [0.2, 0.25) is 5.95 Å². The molecule has 2 N–H and O–H groups in total. The van der Waals surface area contributed by atoms with Crippen LogP contribution in [0.3, 0.4) is 0 Å². The fourth-order valence-electron chi connectivity index (χ4n) is 3.31. The summed E-state index contributed by atoms with van der Waals surface area (Å²) in [5.41, 5.74) is -0.124. The average Bonchev–Trinajstić information content (AvgIpc) is 2.70. The van der Waals surface area contributed by atoms with Crippen LogP contribution in [0, 0.1) is 12.8 Å². The van der Waals surface area contributed by atoms with Gasteiger partial charge in [-0.05, 0) is 43.4 Å². The highest BCUT2D eigenvalue weighted by Gasteiger charge is 2.38. The van der Waals surface area contributed by atoms with E-state index in [0.29, 0.717) is 23.2 Å². The van der Waals surface area contributed by atoms with Gasteiger partial charge in [0.05, 0.1) is 6.20 Å². The fraction of sp³-hybridized carbons (Fsp3) is 0.450. The van der Waals surface area contributed by atoms with Crippen molar-refractivity contribution in [2.75, 3.05) is 11.9 Å². The van der Waals surface area contributed by atoms with Gasteiger partial charge in [-0.2, -0.15) is 13.2 Å². The molecule has 1 aliphatic carbocycles. The molecule has 0 spiro atoms. The summed E-state index contributed by atoms with van der Waals surface area (Å²) in [4.78, 5) is 19.4. The fourth-order valence-corrected chi connectivity index (χ4v) is 3.49. The lowest BCUT2D eigenvalue weighted by Gasteiger charge is -2.21. The van der Waals surface area contributed by atoms with Gasteiger partial charge < -0.3 is 15.4 Å². The van der Waals surface area contributed by atoms with Gasteiger partial charge in [-0.3, -0.25) is 0 Å². The molecule has 2 aromatic rings. The Bertz CT molecular complexity index is 902. The highest BCUT2D eigenvalue weighted by atomic mass is 35.5. The number of anilines is 2. The van der Waals surface area contributed by atoms with E-state index < -0.39 is 23.7 Å². The Labute approximate surface area is 177 Å². The number of carbonyl (C=O) groups excluding carboxylic acids is 1. The van der Waals surface area contributed by atoms with Crippen LogP contribution in [0.25, 0.3) is 0 Å². The molecule has 0 bridgehead atoms. The van der Waals surface area contributed by atoms with Crippen molar-refractivity contribution in [3.05, 3.63) is 40.7 Å². The molecular formula is C20H22ClF3N4O2. The minimum Gasteiger partial charge on any atom is -0.406 e. The van der Waals surface area contributed by atoms with Crippen LogP contribution in [0.2, 0.25) is 5.02 Å². The lowest BCUT2D eigenvalue weighted by atomic mass is 9.89. The number of aryl methyl sites for hydroxylation is 1. The molecule has 10 heteroatoms. The van der Waals surface area contributed by atoms with Gasteiger partial charge in [-0.1, -0.05) is 36.9 Å². The molecule has 6 nitrogen and oxygen atoms in total. The molecule has 0 atom stereocenters. The number of nitrogens with one attached hydrogen (secondary N) is 2. The molecule has 1 fully saturated rings. The third-order valence-electron chi connectivity index (χ3n) is 4.93. The summed E-state index contributed by atoms with van der Waals surface area (Å²) in [6.45, 7) is 2.13. The van der Waals surface area contributed by atoms with Crippen LogP contribution in [0.4, 0.5) is 29.6 Å². The summed E-state index contributed by atoms with van der Waals surface area (Å²) >= 11 is 5.93. The van der Waals surface area contributed by atoms with Gasteiger partial charge in [-0.15, -0.1) is 0 Å². The number of rotatable bonds is 5. The van der Waals surface area contributed by atoms with Crippen molar-refractivity contribution in [3.63, 3.8) is 0 Å². The Morgan fingerprint density at radius 3 is 2.70 bits per heavy atom. The third-order valence-corrected chi connectivity index (χ3v) is 5.17. The number of alkyl halides is 3. The summed E-state index contributed by atoms with van der Waals surface area (Å²) in [6.07, 6.45) is 0.367. The van der Waals surface area contributed by atoms with E-state index in [-0.39, 0.29) is 5.95 Å². The molecule has 0 aliphatic heterocycles. The molecule has 1 aliphatic rings. The molecule has 1 saturated carbocycles. The topological polar surface area (TPSA) is 76.1 Å². The van der Waals surface area contributed by atoms with Gasteiger partial charge in [0.25, 0.3) is 0 Å². The van der Waals surface area contributed by atoms with Crippen LogP contribution in [0.1, 0.15) is 43.4 Å². The normalized spacial score (nSPS) is 15.0. The minimum absolute atomic E-state index is 0.289. The van der Waals surface area contributed by atoms with Crippen LogP contribution in [0.5, 0.6) is 5.75 Å². The summed E-state index contributed by atoms with van der Waals surface area (Å²) in [5.74, 6) is -0.725. The molecule has 0 unspecified atom stereocenters. The van der Waals surface area contributed by atoms with Gasteiger partial charge in [0, 0.05) is 17.3 Å². The van der Waals surface area contributed by atoms with Crippen LogP contribution < -0.4 is 15.4 Å². The maximum absolute atomic E-state index is 13.5. The second-order valence-electron chi connectivity index (χ2n) is 7.26. The van der Waals surface area contributed by atoms with Crippen LogP contribution >= 0.6 is 11.6 Å². The maximum Gasteiger partial charge on any atom is 0.437 e. The second-order valence-corrected chi connectivity index (χ2v) is 7.70. The number of hydrogen-bond donors (Lipinski definition) is 2. The first-order valence-corrected chi connectivity index (χ1v) is 10.0. The first-order valence-electron chi connectivity index (χ1n) is 9.65. The lowest BCUT2D eigenvalue weighted by Crippen LogP contribution is -2.33. The van der Waals surface area contributed by atoms with Crippen molar-refractivity contribution in [2.45, 2.75) is 45.2 Å². The van der Waals surface area contributed by atoms with Gasteiger partial charge in [0.15, 0.2) is 11.4 Å². The summed E-state index contributed by atoms with van der Waals surface area (Å²) < 4.78 is 45.3. The molecule has 30 heavy (non-hydrogen) atoms. The van der Waals surface area contributed by atoms with E-state index in [1.54, 1.807) is 25.1 Å². The molecule has 3 rings (SSSR count). The lowest BCUT2D eigenvalue weighted by molar-refractivity contribution is -0.142. The monoisotopic (exact) mass is 442 g/mol. The SMILES string of the molecule is Cc1ccc(Cl)cc1Nc1ncc(OC(=O)NCC2CCCCC2)c(C(F)(F)F)n1. The Balaban J connectivity index is 1.72. The van der Waals surface area contributed by atoms with E-state index in [0.717, 1.165) is 37.4 Å². The number of ether oxygens (including phenoxy) is 1. The number of aromatic nitrogens is 2. The second kappa shape index (κ2) is 9.51. The molecule has 162 valence electrons. The van der Waals surface area contributed by atoms with Gasteiger partial charge in [-0.25, -0.2) is 14.8 Å². The first-order chi connectivity index (χ1) is 14.2. The summed E-state index contributed by atoms with van der Waals surface area (Å²) in [7, 11) is 0. The van der Waals surface area contributed by atoms with Crippen molar-refractivity contribution >= 4 is 29.3 Å². The number of halogens is 4. The third kappa shape index (κ3) is 5.98. The van der Waals surface area contributed by atoms with Crippen molar-refractivity contribution in [1.82, 2.24) is 15.3 Å². The van der Waals surface area contributed by atoms with Crippen molar-refractivity contribution in [3.8, 4) is 5.75 Å². The Morgan fingerprint density at radius 1 is 1.27 bits per heavy atom. The number of benzene rings is 1. The number of hydrogen-bond acceptors (Lipinski definition) is 5. The zero-order valence-electron chi connectivity index (χ0n) is 16.4.